The fraction of sp³-hybridized carbons (Fsp3) is 0.938. The van der Waals surface area contributed by atoms with E-state index in [0.29, 0.717) is 17.2 Å². The van der Waals surface area contributed by atoms with Gasteiger partial charge >= 0.3 is 0 Å². The van der Waals surface area contributed by atoms with Gasteiger partial charge in [-0.25, -0.2) is 0 Å². The number of carbonyl (C=O) groups excluding carboxylic acids is 1. The maximum atomic E-state index is 12.7. The first-order valence-electron chi connectivity index (χ1n) is 8.44. The molecule has 1 saturated carbocycles. The van der Waals surface area contributed by atoms with Crippen LogP contribution in [0.4, 0.5) is 0 Å². The van der Waals surface area contributed by atoms with Crippen molar-refractivity contribution in [1.82, 2.24) is 10.2 Å². The van der Waals surface area contributed by atoms with E-state index in [4.69, 9.17) is 0 Å². The van der Waals surface area contributed by atoms with E-state index >= 15 is 0 Å². The van der Waals surface area contributed by atoms with E-state index in [9.17, 15) is 4.79 Å². The van der Waals surface area contributed by atoms with E-state index in [1.807, 2.05) is 11.8 Å². The van der Waals surface area contributed by atoms with Crippen molar-refractivity contribution < 1.29 is 4.79 Å². The zero-order chi connectivity index (χ0) is 13.9. The summed E-state index contributed by atoms with van der Waals surface area (Å²) < 4.78 is 0. The quantitative estimate of drug-likeness (QED) is 0.850. The van der Waals surface area contributed by atoms with Crippen LogP contribution in [0.25, 0.3) is 0 Å². The Morgan fingerprint density at radius 2 is 2.10 bits per heavy atom. The average Bonchev–Trinajstić information content (AvgIpc) is 2.53. The predicted octanol–water partition coefficient (Wildman–Crippen LogP) is 2.65. The highest BCUT2D eigenvalue weighted by molar-refractivity contribution is 8.00. The van der Waals surface area contributed by atoms with Crippen LogP contribution in [-0.2, 0) is 4.79 Å². The Labute approximate surface area is 127 Å². The topological polar surface area (TPSA) is 32.3 Å². The van der Waals surface area contributed by atoms with Gasteiger partial charge in [-0.3, -0.25) is 4.79 Å². The number of fused-ring (bicyclic) bond motifs is 1. The van der Waals surface area contributed by atoms with Gasteiger partial charge in [0, 0.05) is 30.1 Å². The largest absolute Gasteiger partial charge is 0.339 e. The van der Waals surface area contributed by atoms with Gasteiger partial charge in [-0.15, -0.1) is 0 Å². The predicted molar refractivity (Wildman–Crippen MR) is 85.0 cm³/mol. The lowest BCUT2D eigenvalue weighted by atomic mass is 9.77. The van der Waals surface area contributed by atoms with Gasteiger partial charge in [0.25, 0.3) is 0 Å². The first-order valence-corrected chi connectivity index (χ1v) is 9.49. The third-order valence-electron chi connectivity index (χ3n) is 5.35. The number of nitrogens with zero attached hydrogens (tertiary/aromatic N) is 1. The molecule has 1 N–H and O–H groups in total. The molecule has 1 aliphatic carbocycles. The van der Waals surface area contributed by atoms with E-state index in [1.54, 1.807) is 0 Å². The third-order valence-corrected chi connectivity index (χ3v) is 6.73. The fourth-order valence-electron chi connectivity index (χ4n) is 4.08. The van der Waals surface area contributed by atoms with Crippen LogP contribution in [0.5, 0.6) is 0 Å². The van der Waals surface area contributed by atoms with Crippen LogP contribution in [0.2, 0.25) is 0 Å². The molecule has 3 aliphatic rings. The normalized spacial score (nSPS) is 38.4. The van der Waals surface area contributed by atoms with Crippen LogP contribution in [0.3, 0.4) is 0 Å². The fourth-order valence-corrected chi connectivity index (χ4v) is 5.26. The van der Waals surface area contributed by atoms with Gasteiger partial charge in [-0.05, 0) is 38.0 Å². The van der Waals surface area contributed by atoms with Gasteiger partial charge in [0.05, 0.1) is 6.04 Å². The Bertz CT molecular complexity index is 349. The highest BCUT2D eigenvalue weighted by Crippen LogP contribution is 2.33. The van der Waals surface area contributed by atoms with Gasteiger partial charge in [-0.2, -0.15) is 11.8 Å². The number of rotatable bonds is 2. The molecular formula is C16H28N2OS. The molecule has 1 amide bonds. The van der Waals surface area contributed by atoms with E-state index in [0.717, 1.165) is 31.2 Å². The van der Waals surface area contributed by atoms with Crippen LogP contribution in [0.15, 0.2) is 0 Å². The molecule has 4 atom stereocenters. The summed E-state index contributed by atoms with van der Waals surface area (Å²) in [4.78, 5) is 14.9. The standard InChI is InChI=1S/C16H28N2OS/c1-2-13-11-18(9-10-20-13)16(19)15-8-7-12-5-3-4-6-14(12)17-15/h12-15,17H,2-11H2,1H3. The van der Waals surface area contributed by atoms with Crippen molar-refractivity contribution >= 4 is 17.7 Å². The summed E-state index contributed by atoms with van der Waals surface area (Å²) in [5.74, 6) is 2.34. The second-order valence-corrected chi connectivity index (χ2v) is 8.04. The molecule has 2 saturated heterocycles. The van der Waals surface area contributed by atoms with Crippen molar-refractivity contribution in [3.63, 3.8) is 0 Å². The molecule has 20 heavy (non-hydrogen) atoms. The first-order chi connectivity index (χ1) is 9.78. The average molecular weight is 296 g/mol. The summed E-state index contributed by atoms with van der Waals surface area (Å²) in [5, 5.41) is 4.34. The first kappa shape index (κ1) is 14.7. The molecule has 4 heteroatoms. The number of hydrogen-bond acceptors (Lipinski definition) is 3. The van der Waals surface area contributed by atoms with Crippen LogP contribution in [-0.4, -0.2) is 47.0 Å². The number of hydrogen-bond donors (Lipinski definition) is 1. The lowest BCUT2D eigenvalue weighted by Gasteiger charge is -2.42. The van der Waals surface area contributed by atoms with E-state index in [2.05, 4.69) is 17.1 Å². The zero-order valence-corrected chi connectivity index (χ0v) is 13.5. The summed E-state index contributed by atoms with van der Waals surface area (Å²) in [6, 6.07) is 0.725. The minimum atomic E-state index is 0.106. The summed E-state index contributed by atoms with van der Waals surface area (Å²) in [6.07, 6.45) is 8.88. The molecule has 0 radical (unpaired) electrons. The zero-order valence-electron chi connectivity index (χ0n) is 12.6. The maximum Gasteiger partial charge on any atom is 0.239 e. The molecule has 4 unspecified atom stereocenters. The number of thioether (sulfide) groups is 1. The van der Waals surface area contributed by atoms with Gasteiger partial charge in [-0.1, -0.05) is 19.8 Å². The van der Waals surface area contributed by atoms with Gasteiger partial charge < -0.3 is 10.2 Å². The highest BCUT2D eigenvalue weighted by Gasteiger charge is 2.36. The highest BCUT2D eigenvalue weighted by atomic mass is 32.2. The number of piperidine rings is 1. The van der Waals surface area contributed by atoms with E-state index in [-0.39, 0.29) is 6.04 Å². The van der Waals surface area contributed by atoms with Crippen molar-refractivity contribution in [2.75, 3.05) is 18.8 Å². The Balaban J connectivity index is 1.57. The minimum Gasteiger partial charge on any atom is -0.339 e. The Kier molecular flexibility index (Phi) is 4.92. The summed E-state index contributed by atoms with van der Waals surface area (Å²) in [7, 11) is 0. The molecule has 0 aromatic carbocycles. The molecule has 114 valence electrons. The number of nitrogens with one attached hydrogen (secondary N) is 1. The summed E-state index contributed by atoms with van der Waals surface area (Å²) >= 11 is 2.03. The second-order valence-electron chi connectivity index (χ2n) is 6.63. The number of amides is 1. The molecule has 0 aromatic rings. The summed E-state index contributed by atoms with van der Waals surface area (Å²) in [5.41, 5.74) is 0. The smallest absolute Gasteiger partial charge is 0.239 e. The second kappa shape index (κ2) is 6.69. The third kappa shape index (κ3) is 3.16. The lowest BCUT2D eigenvalue weighted by Crippen LogP contribution is -2.57. The molecule has 0 bridgehead atoms. The molecule has 2 heterocycles. The monoisotopic (exact) mass is 296 g/mol. The molecule has 0 aromatic heterocycles. The van der Waals surface area contributed by atoms with E-state index < -0.39 is 0 Å². The lowest BCUT2D eigenvalue weighted by molar-refractivity contribution is -0.134. The van der Waals surface area contributed by atoms with Crippen molar-refractivity contribution in [3.8, 4) is 0 Å². The van der Waals surface area contributed by atoms with Crippen molar-refractivity contribution in [2.24, 2.45) is 5.92 Å². The molecule has 3 fully saturated rings. The maximum absolute atomic E-state index is 12.7. The van der Waals surface area contributed by atoms with E-state index in [1.165, 1.54) is 38.5 Å². The molecule has 2 aliphatic heterocycles. The van der Waals surface area contributed by atoms with Crippen molar-refractivity contribution in [1.29, 1.82) is 0 Å². The molecule has 0 spiro atoms. The van der Waals surface area contributed by atoms with Crippen LogP contribution in [0, 0.1) is 5.92 Å². The van der Waals surface area contributed by atoms with Gasteiger partial charge in [0.2, 0.25) is 5.91 Å². The Hall–Kier alpha value is -0.220. The van der Waals surface area contributed by atoms with Crippen LogP contribution >= 0.6 is 11.8 Å². The Morgan fingerprint density at radius 1 is 1.25 bits per heavy atom. The summed E-state index contributed by atoms with van der Waals surface area (Å²) in [6.45, 7) is 4.15. The molecule has 3 rings (SSSR count). The molecule has 3 nitrogen and oxygen atoms in total. The SMILES string of the molecule is CCC1CN(C(=O)C2CCC3CCCCC3N2)CCS1. The van der Waals surface area contributed by atoms with Crippen molar-refractivity contribution in [3.05, 3.63) is 0 Å². The van der Waals surface area contributed by atoms with Gasteiger partial charge in [0.1, 0.15) is 0 Å². The Morgan fingerprint density at radius 3 is 2.95 bits per heavy atom. The van der Waals surface area contributed by atoms with Crippen LogP contribution < -0.4 is 5.32 Å². The van der Waals surface area contributed by atoms with Crippen LogP contribution in [0.1, 0.15) is 51.9 Å². The van der Waals surface area contributed by atoms with Crippen molar-refractivity contribution in [2.45, 2.75) is 69.2 Å². The number of carbonyl (C=O) groups is 1. The minimum absolute atomic E-state index is 0.106. The molecular weight excluding hydrogens is 268 g/mol. The van der Waals surface area contributed by atoms with Gasteiger partial charge in [0.15, 0.2) is 0 Å².